The summed E-state index contributed by atoms with van der Waals surface area (Å²) in [6.45, 7) is 7.56. The number of nitrogens with zero attached hydrogens (tertiary/aromatic N) is 1. The van der Waals surface area contributed by atoms with Gasteiger partial charge in [-0.1, -0.05) is 23.8 Å². The van der Waals surface area contributed by atoms with Crippen LogP contribution in [0.5, 0.6) is 0 Å². The molecular weight excluding hydrogens is 370 g/mol. The summed E-state index contributed by atoms with van der Waals surface area (Å²) in [6.07, 6.45) is 0. The molecule has 154 valence electrons. The molecule has 3 amide bonds. The molecule has 0 aliphatic carbocycles. The summed E-state index contributed by atoms with van der Waals surface area (Å²) in [7, 11) is 2.83. The Morgan fingerprint density at radius 1 is 0.931 bits per heavy atom. The summed E-state index contributed by atoms with van der Waals surface area (Å²) in [6, 6.07) is 8.43. The van der Waals surface area contributed by atoms with E-state index in [-0.39, 0.29) is 12.5 Å². The summed E-state index contributed by atoms with van der Waals surface area (Å²) in [5.41, 5.74) is 5.43. The van der Waals surface area contributed by atoms with E-state index in [4.69, 9.17) is 4.74 Å². The predicted molar refractivity (Wildman–Crippen MR) is 113 cm³/mol. The number of carbonyl (C=O) groups excluding carboxylic acids is 3. The Labute approximate surface area is 171 Å². The van der Waals surface area contributed by atoms with Gasteiger partial charge in [-0.2, -0.15) is 0 Å². The van der Waals surface area contributed by atoms with Crippen LogP contribution >= 0.6 is 0 Å². The van der Waals surface area contributed by atoms with Gasteiger partial charge >= 0.3 is 12.0 Å². The van der Waals surface area contributed by atoms with Crippen molar-refractivity contribution in [3.63, 3.8) is 0 Å². The van der Waals surface area contributed by atoms with Gasteiger partial charge in [0, 0.05) is 18.4 Å². The molecule has 0 saturated carbocycles. The maximum Gasteiger partial charge on any atom is 0.337 e. The maximum atomic E-state index is 12.5. The number of methoxy groups -OCH3 is 1. The van der Waals surface area contributed by atoms with Gasteiger partial charge < -0.3 is 20.3 Å². The van der Waals surface area contributed by atoms with E-state index >= 15 is 0 Å². The lowest BCUT2D eigenvalue weighted by Crippen LogP contribution is -2.38. The summed E-state index contributed by atoms with van der Waals surface area (Å²) in [4.78, 5) is 37.9. The van der Waals surface area contributed by atoms with Crippen molar-refractivity contribution >= 4 is 29.3 Å². The zero-order chi connectivity index (χ0) is 21.7. The zero-order valence-electron chi connectivity index (χ0n) is 17.7. The van der Waals surface area contributed by atoms with Gasteiger partial charge in [0.15, 0.2) is 0 Å². The van der Waals surface area contributed by atoms with Crippen LogP contribution in [0, 0.1) is 27.7 Å². The van der Waals surface area contributed by atoms with E-state index in [0.29, 0.717) is 11.3 Å². The van der Waals surface area contributed by atoms with Gasteiger partial charge in [-0.3, -0.25) is 4.79 Å². The molecule has 0 heterocycles. The highest BCUT2D eigenvalue weighted by Gasteiger charge is 2.16. The molecule has 0 fully saturated rings. The van der Waals surface area contributed by atoms with Crippen molar-refractivity contribution in [2.75, 3.05) is 31.3 Å². The highest BCUT2D eigenvalue weighted by Crippen LogP contribution is 2.22. The van der Waals surface area contributed by atoms with Crippen LogP contribution in [0.15, 0.2) is 30.3 Å². The molecule has 2 aromatic carbocycles. The van der Waals surface area contributed by atoms with Crippen LogP contribution in [0.3, 0.4) is 0 Å². The van der Waals surface area contributed by atoms with Gasteiger partial charge in [-0.05, 0) is 56.5 Å². The number of anilines is 2. The van der Waals surface area contributed by atoms with Crippen molar-refractivity contribution < 1.29 is 19.1 Å². The van der Waals surface area contributed by atoms with E-state index in [2.05, 4.69) is 10.6 Å². The largest absolute Gasteiger partial charge is 0.465 e. The number of benzene rings is 2. The first-order chi connectivity index (χ1) is 13.6. The number of ether oxygens (including phenoxy) is 1. The lowest BCUT2D eigenvalue weighted by molar-refractivity contribution is -0.116. The molecule has 7 nitrogen and oxygen atoms in total. The van der Waals surface area contributed by atoms with Crippen LogP contribution in [0.1, 0.15) is 32.6 Å². The third-order valence-electron chi connectivity index (χ3n) is 4.57. The van der Waals surface area contributed by atoms with Crippen molar-refractivity contribution in [3.8, 4) is 0 Å². The molecular formula is C22H27N3O4. The van der Waals surface area contributed by atoms with Gasteiger partial charge in [0.2, 0.25) is 5.91 Å². The van der Waals surface area contributed by atoms with Gasteiger partial charge in [0.25, 0.3) is 0 Å². The number of carbonyl (C=O) groups is 3. The van der Waals surface area contributed by atoms with Crippen LogP contribution < -0.4 is 10.6 Å². The van der Waals surface area contributed by atoms with E-state index in [9.17, 15) is 14.4 Å². The van der Waals surface area contributed by atoms with E-state index < -0.39 is 12.0 Å². The number of rotatable bonds is 5. The second-order valence-electron chi connectivity index (χ2n) is 7.13. The SMILES string of the molecule is COC(=O)c1ccc(C)c(NC(=O)N(C)CC(=O)Nc2c(C)cc(C)cc2C)c1. The molecule has 29 heavy (non-hydrogen) atoms. The van der Waals surface area contributed by atoms with Gasteiger partial charge in [0.05, 0.1) is 12.7 Å². The Hall–Kier alpha value is -3.35. The van der Waals surface area contributed by atoms with Crippen molar-refractivity contribution in [2.24, 2.45) is 0 Å². The fraction of sp³-hybridized carbons (Fsp3) is 0.318. The highest BCUT2D eigenvalue weighted by atomic mass is 16.5. The molecule has 7 heteroatoms. The van der Waals surface area contributed by atoms with E-state index in [1.165, 1.54) is 19.1 Å². The van der Waals surface area contributed by atoms with Crippen LogP contribution in [0.2, 0.25) is 0 Å². The van der Waals surface area contributed by atoms with Gasteiger partial charge in [0.1, 0.15) is 6.54 Å². The standard InChI is InChI=1S/C22H27N3O4/c1-13-9-15(3)20(16(4)10-13)24-19(26)12-25(5)22(28)23-18-11-17(21(27)29-6)8-7-14(18)2/h7-11H,12H2,1-6H3,(H,23,28)(H,24,26). The Morgan fingerprint density at radius 3 is 2.14 bits per heavy atom. The summed E-state index contributed by atoms with van der Waals surface area (Å²) in [5.74, 6) is -0.783. The van der Waals surface area contributed by atoms with E-state index in [1.54, 1.807) is 18.2 Å². The van der Waals surface area contributed by atoms with Crippen LogP contribution in [0.4, 0.5) is 16.2 Å². The first-order valence-electron chi connectivity index (χ1n) is 9.21. The molecule has 0 atom stereocenters. The van der Waals surface area contributed by atoms with Crippen LogP contribution in [-0.4, -0.2) is 43.5 Å². The van der Waals surface area contributed by atoms with Crippen LogP contribution in [0.25, 0.3) is 0 Å². The average Bonchev–Trinajstić information content (AvgIpc) is 2.65. The minimum absolute atomic E-state index is 0.117. The number of hydrogen-bond donors (Lipinski definition) is 2. The summed E-state index contributed by atoms with van der Waals surface area (Å²) in [5, 5.41) is 5.60. The maximum absolute atomic E-state index is 12.5. The molecule has 0 aliphatic heterocycles. The zero-order valence-corrected chi connectivity index (χ0v) is 17.7. The molecule has 2 rings (SSSR count). The number of amides is 3. The average molecular weight is 397 g/mol. The van der Waals surface area contributed by atoms with Crippen molar-refractivity contribution in [3.05, 3.63) is 58.1 Å². The van der Waals surface area contributed by atoms with Crippen molar-refractivity contribution in [1.82, 2.24) is 4.90 Å². The number of aryl methyl sites for hydroxylation is 4. The first kappa shape index (κ1) is 21.9. The molecule has 0 unspecified atom stereocenters. The Kier molecular flexibility index (Phi) is 6.98. The van der Waals surface area contributed by atoms with E-state index in [1.807, 2.05) is 39.8 Å². The lowest BCUT2D eigenvalue weighted by atomic mass is 10.1. The summed E-state index contributed by atoms with van der Waals surface area (Å²) >= 11 is 0. The minimum Gasteiger partial charge on any atom is -0.465 e. The van der Waals surface area contributed by atoms with Gasteiger partial charge in [-0.15, -0.1) is 0 Å². The number of likely N-dealkylation sites (N-methyl/N-ethyl adjacent to an activating group) is 1. The fourth-order valence-corrected chi connectivity index (χ4v) is 3.06. The molecule has 2 aromatic rings. The Balaban J connectivity index is 2.04. The van der Waals surface area contributed by atoms with Crippen molar-refractivity contribution in [1.29, 1.82) is 0 Å². The van der Waals surface area contributed by atoms with Crippen LogP contribution in [-0.2, 0) is 9.53 Å². The summed E-state index contributed by atoms with van der Waals surface area (Å²) < 4.78 is 4.70. The molecule has 0 spiro atoms. The molecule has 0 aromatic heterocycles. The van der Waals surface area contributed by atoms with Crippen molar-refractivity contribution in [2.45, 2.75) is 27.7 Å². The number of nitrogens with one attached hydrogen (secondary N) is 2. The van der Waals surface area contributed by atoms with Gasteiger partial charge in [-0.25, -0.2) is 9.59 Å². The Bertz CT molecular complexity index is 930. The Morgan fingerprint density at radius 2 is 1.55 bits per heavy atom. The number of esters is 1. The molecule has 0 aliphatic rings. The second kappa shape index (κ2) is 9.23. The quantitative estimate of drug-likeness (QED) is 0.751. The predicted octanol–water partition coefficient (Wildman–Crippen LogP) is 3.81. The third-order valence-corrected chi connectivity index (χ3v) is 4.57. The second-order valence-corrected chi connectivity index (χ2v) is 7.13. The monoisotopic (exact) mass is 397 g/mol. The number of urea groups is 1. The normalized spacial score (nSPS) is 10.3. The topological polar surface area (TPSA) is 87.7 Å². The molecule has 2 N–H and O–H groups in total. The molecule has 0 radical (unpaired) electrons. The minimum atomic E-state index is -0.489. The van der Waals surface area contributed by atoms with E-state index in [0.717, 1.165) is 27.9 Å². The molecule has 0 saturated heterocycles. The smallest absolute Gasteiger partial charge is 0.337 e. The lowest BCUT2D eigenvalue weighted by Gasteiger charge is -2.20. The third kappa shape index (κ3) is 5.57. The number of hydrogen-bond acceptors (Lipinski definition) is 4. The fourth-order valence-electron chi connectivity index (χ4n) is 3.06. The highest BCUT2D eigenvalue weighted by molar-refractivity contribution is 5.98. The first-order valence-corrected chi connectivity index (χ1v) is 9.21. The molecule has 0 bridgehead atoms.